The maximum absolute atomic E-state index is 5.29. The van der Waals surface area contributed by atoms with Gasteiger partial charge in [0, 0.05) is 26.7 Å². The van der Waals surface area contributed by atoms with Crippen molar-refractivity contribution in [2.24, 2.45) is 4.99 Å². The first-order valence-corrected chi connectivity index (χ1v) is 9.02. The number of ether oxygens (including phenoxy) is 2. The molecule has 2 unspecified atom stereocenters. The number of likely N-dealkylation sites (tertiary alicyclic amines) is 1. The van der Waals surface area contributed by atoms with Crippen molar-refractivity contribution in [1.82, 2.24) is 15.5 Å². The number of benzene rings is 1. The van der Waals surface area contributed by atoms with Crippen molar-refractivity contribution < 1.29 is 9.47 Å². The van der Waals surface area contributed by atoms with E-state index in [2.05, 4.69) is 39.6 Å². The van der Waals surface area contributed by atoms with Gasteiger partial charge in [0.25, 0.3) is 0 Å². The van der Waals surface area contributed by atoms with Crippen molar-refractivity contribution in [2.45, 2.75) is 31.8 Å². The van der Waals surface area contributed by atoms with Crippen LogP contribution in [0.5, 0.6) is 5.75 Å². The maximum Gasteiger partial charge on any atom is 0.191 e. The van der Waals surface area contributed by atoms with E-state index in [1.165, 1.54) is 18.4 Å². The molecule has 0 saturated carbocycles. The molecular weight excluding hydrogens is 316 g/mol. The van der Waals surface area contributed by atoms with Crippen molar-refractivity contribution in [1.29, 1.82) is 0 Å². The molecule has 2 atom stereocenters. The number of nitrogens with one attached hydrogen (secondary N) is 2. The zero-order valence-electron chi connectivity index (χ0n) is 15.9. The van der Waals surface area contributed by atoms with Gasteiger partial charge in [-0.15, -0.1) is 0 Å². The summed E-state index contributed by atoms with van der Waals surface area (Å²) in [5.41, 5.74) is 1.30. The lowest BCUT2D eigenvalue weighted by Crippen LogP contribution is -2.46. The molecule has 0 radical (unpaired) electrons. The summed E-state index contributed by atoms with van der Waals surface area (Å²) in [5, 5.41) is 6.83. The Kier molecular flexibility index (Phi) is 8.01. The van der Waals surface area contributed by atoms with Gasteiger partial charge in [-0.25, -0.2) is 0 Å². The Morgan fingerprint density at radius 1 is 1.20 bits per heavy atom. The normalized spacial score (nSPS) is 18.0. The molecule has 1 aromatic carbocycles. The van der Waals surface area contributed by atoms with Crippen LogP contribution in [0.25, 0.3) is 0 Å². The molecule has 2 rings (SSSR count). The van der Waals surface area contributed by atoms with E-state index in [1.54, 1.807) is 21.3 Å². The van der Waals surface area contributed by atoms with Gasteiger partial charge >= 0.3 is 0 Å². The van der Waals surface area contributed by atoms with Gasteiger partial charge in [-0.2, -0.15) is 0 Å². The third-order valence-electron chi connectivity index (χ3n) is 4.57. The minimum Gasteiger partial charge on any atom is -0.497 e. The molecule has 0 aromatic heterocycles. The SMILES string of the molecule is CN=C(NCC(c1ccc(OC)cc1)N1CCCC1)NC(C)COC. The Morgan fingerprint density at radius 3 is 2.44 bits per heavy atom. The summed E-state index contributed by atoms with van der Waals surface area (Å²) in [6.45, 7) is 5.83. The molecule has 6 nitrogen and oxygen atoms in total. The van der Waals surface area contributed by atoms with Crippen molar-refractivity contribution in [3.63, 3.8) is 0 Å². The first-order chi connectivity index (χ1) is 12.2. The van der Waals surface area contributed by atoms with Gasteiger partial charge in [-0.3, -0.25) is 9.89 Å². The fourth-order valence-corrected chi connectivity index (χ4v) is 3.25. The lowest BCUT2D eigenvalue weighted by molar-refractivity contribution is 0.178. The van der Waals surface area contributed by atoms with Crippen LogP contribution in [-0.2, 0) is 4.74 Å². The number of hydrogen-bond donors (Lipinski definition) is 2. The third kappa shape index (κ3) is 5.90. The highest BCUT2D eigenvalue weighted by Crippen LogP contribution is 2.26. The number of hydrogen-bond acceptors (Lipinski definition) is 4. The second-order valence-corrected chi connectivity index (χ2v) is 6.49. The van der Waals surface area contributed by atoms with Gasteiger partial charge in [0.05, 0.1) is 19.8 Å². The van der Waals surface area contributed by atoms with E-state index in [0.717, 1.165) is 31.3 Å². The standard InChI is InChI=1S/C19H32N4O2/c1-15(14-24-3)22-19(20-2)21-13-18(23-11-5-6-12-23)16-7-9-17(25-4)10-8-16/h7-10,15,18H,5-6,11-14H2,1-4H3,(H2,20,21,22). The topological polar surface area (TPSA) is 58.1 Å². The first-order valence-electron chi connectivity index (χ1n) is 9.02. The van der Waals surface area contributed by atoms with Crippen molar-refractivity contribution in [2.75, 3.05) is 47.5 Å². The first kappa shape index (κ1) is 19.5. The molecule has 0 amide bonds. The predicted octanol–water partition coefficient (Wildman–Crippen LogP) is 2.03. The molecule has 1 heterocycles. The molecule has 1 aliphatic heterocycles. The molecule has 6 heteroatoms. The Labute approximate surface area is 151 Å². The van der Waals surface area contributed by atoms with E-state index < -0.39 is 0 Å². The van der Waals surface area contributed by atoms with Crippen LogP contribution in [0, 0.1) is 0 Å². The molecule has 2 N–H and O–H groups in total. The average molecular weight is 348 g/mol. The van der Waals surface area contributed by atoms with Crippen LogP contribution in [0.15, 0.2) is 29.3 Å². The molecule has 25 heavy (non-hydrogen) atoms. The molecule has 1 aliphatic rings. The van der Waals surface area contributed by atoms with Crippen molar-refractivity contribution in [3.05, 3.63) is 29.8 Å². The van der Waals surface area contributed by atoms with Gasteiger partial charge in [0.15, 0.2) is 5.96 Å². The number of aliphatic imine (C=N–C) groups is 1. The molecule has 1 saturated heterocycles. The van der Waals surface area contributed by atoms with Crippen LogP contribution in [0.2, 0.25) is 0 Å². The fourth-order valence-electron chi connectivity index (χ4n) is 3.25. The summed E-state index contributed by atoms with van der Waals surface area (Å²) in [4.78, 5) is 6.87. The van der Waals surface area contributed by atoms with Gasteiger partial charge < -0.3 is 20.1 Å². The number of nitrogens with zero attached hydrogens (tertiary/aromatic N) is 2. The number of rotatable bonds is 8. The van der Waals surface area contributed by atoms with Gasteiger partial charge in [0.1, 0.15) is 5.75 Å². The predicted molar refractivity (Wildman–Crippen MR) is 102 cm³/mol. The van der Waals surface area contributed by atoms with Crippen LogP contribution in [-0.4, -0.2) is 64.4 Å². The Morgan fingerprint density at radius 2 is 1.88 bits per heavy atom. The molecule has 0 bridgehead atoms. The van der Waals surface area contributed by atoms with Crippen LogP contribution in [0.4, 0.5) is 0 Å². The molecule has 1 fully saturated rings. The van der Waals surface area contributed by atoms with Gasteiger partial charge in [-0.1, -0.05) is 12.1 Å². The summed E-state index contributed by atoms with van der Waals surface area (Å²) in [7, 11) is 5.21. The summed E-state index contributed by atoms with van der Waals surface area (Å²) < 4.78 is 10.5. The summed E-state index contributed by atoms with van der Waals surface area (Å²) >= 11 is 0. The van der Waals surface area contributed by atoms with Gasteiger partial charge in [-0.05, 0) is 50.6 Å². The average Bonchev–Trinajstić information content (AvgIpc) is 3.16. The lowest BCUT2D eigenvalue weighted by Gasteiger charge is -2.29. The van der Waals surface area contributed by atoms with E-state index in [-0.39, 0.29) is 6.04 Å². The van der Waals surface area contributed by atoms with E-state index in [1.807, 2.05) is 12.1 Å². The summed E-state index contributed by atoms with van der Waals surface area (Å²) in [6, 6.07) is 8.92. The van der Waals surface area contributed by atoms with Crippen LogP contribution in [0.1, 0.15) is 31.4 Å². The third-order valence-corrected chi connectivity index (χ3v) is 4.57. The Bertz CT molecular complexity index is 527. The summed E-state index contributed by atoms with van der Waals surface area (Å²) in [6.07, 6.45) is 2.54. The second-order valence-electron chi connectivity index (χ2n) is 6.49. The van der Waals surface area contributed by atoms with Crippen LogP contribution >= 0.6 is 0 Å². The molecular formula is C19H32N4O2. The zero-order valence-corrected chi connectivity index (χ0v) is 15.9. The summed E-state index contributed by atoms with van der Waals surface area (Å²) in [5.74, 6) is 1.70. The largest absolute Gasteiger partial charge is 0.497 e. The van der Waals surface area contributed by atoms with E-state index in [9.17, 15) is 0 Å². The van der Waals surface area contributed by atoms with Crippen molar-refractivity contribution >= 4 is 5.96 Å². The van der Waals surface area contributed by atoms with E-state index in [0.29, 0.717) is 12.6 Å². The Balaban J connectivity index is 2.02. The Hall–Kier alpha value is -1.79. The van der Waals surface area contributed by atoms with Crippen molar-refractivity contribution in [3.8, 4) is 5.75 Å². The van der Waals surface area contributed by atoms with E-state index in [4.69, 9.17) is 9.47 Å². The highest BCUT2D eigenvalue weighted by atomic mass is 16.5. The second kappa shape index (κ2) is 10.3. The maximum atomic E-state index is 5.29. The monoisotopic (exact) mass is 348 g/mol. The number of methoxy groups -OCH3 is 2. The minimum absolute atomic E-state index is 0.211. The molecule has 1 aromatic rings. The van der Waals surface area contributed by atoms with Gasteiger partial charge in [0.2, 0.25) is 0 Å². The van der Waals surface area contributed by atoms with E-state index >= 15 is 0 Å². The fraction of sp³-hybridized carbons (Fsp3) is 0.632. The highest BCUT2D eigenvalue weighted by molar-refractivity contribution is 5.80. The smallest absolute Gasteiger partial charge is 0.191 e. The quantitative estimate of drug-likeness (QED) is 0.556. The highest BCUT2D eigenvalue weighted by Gasteiger charge is 2.23. The minimum atomic E-state index is 0.211. The number of guanidine groups is 1. The zero-order chi connectivity index (χ0) is 18.1. The van der Waals surface area contributed by atoms with Crippen LogP contribution < -0.4 is 15.4 Å². The lowest BCUT2D eigenvalue weighted by atomic mass is 10.1. The van der Waals surface area contributed by atoms with Crippen LogP contribution in [0.3, 0.4) is 0 Å². The molecule has 0 aliphatic carbocycles. The molecule has 140 valence electrons. The molecule has 0 spiro atoms.